The summed E-state index contributed by atoms with van der Waals surface area (Å²) in [6, 6.07) is 0. The van der Waals surface area contributed by atoms with Crippen LogP contribution in [0.5, 0.6) is 0 Å². The number of alkyl halides is 1. The highest BCUT2D eigenvalue weighted by Crippen LogP contribution is 2.52. The number of imidazole rings is 1. The number of ether oxygens (including phenoxy) is 3. The van der Waals surface area contributed by atoms with Crippen LogP contribution < -0.4 is 17.0 Å². The van der Waals surface area contributed by atoms with Crippen LogP contribution in [0.25, 0.3) is 22.3 Å². The minimum Gasteiger partial charge on any atom is -0.394 e. The van der Waals surface area contributed by atoms with E-state index in [4.69, 9.17) is 46.5 Å². The van der Waals surface area contributed by atoms with Gasteiger partial charge in [0.2, 0.25) is 5.95 Å². The van der Waals surface area contributed by atoms with Gasteiger partial charge in [0, 0.05) is 13.5 Å². The highest BCUT2D eigenvalue weighted by molar-refractivity contribution is 8.07. The Morgan fingerprint density at radius 1 is 1.28 bits per heavy atom. The van der Waals surface area contributed by atoms with Crippen LogP contribution >= 0.6 is 6.72 Å². The van der Waals surface area contributed by atoms with Crippen LogP contribution in [0.15, 0.2) is 17.4 Å². The molecular weight excluding hydrogens is 616 g/mol. The minimum absolute atomic E-state index is 0.139. The fourth-order valence-corrected chi connectivity index (χ4v) is 6.59. The summed E-state index contributed by atoms with van der Waals surface area (Å²) in [5, 5.41) is 17.2. The van der Waals surface area contributed by atoms with Crippen LogP contribution in [0.2, 0.25) is 0 Å². The first-order chi connectivity index (χ1) is 20.4. The lowest BCUT2D eigenvalue weighted by Crippen LogP contribution is -2.34. The fraction of sp³-hybridized carbons (Fsp3) is 0.571. The number of nitrogens with zero attached hydrogens (tertiary/aromatic N) is 8. The molecular formula is C21H27FN11O8PS. The van der Waals surface area contributed by atoms with E-state index in [9.17, 15) is 14.8 Å². The SMILES string of the molecule is CO[C@@H]1C[C@@](C)(COP(O)(=S)O[C@@H]2[C@@H](F)[C@@H](CO)O[C@H]2n2nnc3c(=O)[nH]c(N)nc32)O[C@H]1n1cnc2c(N)ncnc21. The van der Waals surface area contributed by atoms with Crippen LogP contribution in [0, 0.1) is 0 Å². The second-order valence-electron chi connectivity index (χ2n) is 10.2. The van der Waals surface area contributed by atoms with Crippen molar-refractivity contribution < 1.29 is 37.6 Å². The maximum Gasteiger partial charge on any atom is 0.325 e. The Morgan fingerprint density at radius 3 is 2.81 bits per heavy atom. The highest BCUT2D eigenvalue weighted by atomic mass is 32.5. The summed E-state index contributed by atoms with van der Waals surface area (Å²) in [4.78, 5) is 41.9. The summed E-state index contributed by atoms with van der Waals surface area (Å²) in [5.41, 5.74) is 10.3. The zero-order valence-electron chi connectivity index (χ0n) is 22.5. The van der Waals surface area contributed by atoms with Gasteiger partial charge in [-0.3, -0.25) is 18.9 Å². The van der Waals surface area contributed by atoms with E-state index in [2.05, 4.69) is 35.2 Å². The van der Waals surface area contributed by atoms with Gasteiger partial charge in [0.25, 0.3) is 5.56 Å². The summed E-state index contributed by atoms with van der Waals surface area (Å²) in [6.45, 7) is -3.50. The van der Waals surface area contributed by atoms with Gasteiger partial charge in [-0.2, -0.15) is 9.67 Å². The number of aliphatic hydroxyl groups is 1. The van der Waals surface area contributed by atoms with Gasteiger partial charge in [0.05, 0.1) is 25.1 Å². The van der Waals surface area contributed by atoms with E-state index in [0.717, 1.165) is 4.68 Å². The average molecular weight is 644 g/mol. The third-order valence-electron chi connectivity index (χ3n) is 7.15. The van der Waals surface area contributed by atoms with Crippen LogP contribution in [0.1, 0.15) is 25.8 Å². The molecule has 6 rings (SSSR count). The monoisotopic (exact) mass is 643 g/mol. The number of nitrogens with one attached hydrogen (secondary N) is 1. The number of hydrogen-bond acceptors (Lipinski definition) is 16. The first kappa shape index (κ1) is 29.8. The van der Waals surface area contributed by atoms with E-state index in [-0.39, 0.29) is 29.5 Å². The average Bonchev–Trinajstić information content (AvgIpc) is 3.72. The molecule has 2 aliphatic heterocycles. The predicted molar refractivity (Wildman–Crippen MR) is 147 cm³/mol. The van der Waals surface area contributed by atoms with Crippen molar-refractivity contribution in [1.82, 2.24) is 44.5 Å². The number of fused-ring (bicyclic) bond motifs is 2. The van der Waals surface area contributed by atoms with E-state index in [1.807, 2.05) is 0 Å². The summed E-state index contributed by atoms with van der Waals surface area (Å²) >= 11 is 5.23. The Bertz CT molecular complexity index is 1770. The van der Waals surface area contributed by atoms with Gasteiger partial charge in [0.1, 0.15) is 30.2 Å². The molecule has 4 aromatic heterocycles. The molecule has 6 heterocycles. The lowest BCUT2D eigenvalue weighted by Gasteiger charge is -2.29. The topological polar surface area (TPSA) is 259 Å². The molecule has 2 aliphatic rings. The molecule has 22 heteroatoms. The normalized spacial score (nSPS) is 30.8. The number of hydrogen-bond donors (Lipinski definition) is 5. The van der Waals surface area contributed by atoms with E-state index in [1.165, 1.54) is 19.8 Å². The summed E-state index contributed by atoms with van der Waals surface area (Å²) in [6.07, 6.45) is -4.55. The van der Waals surface area contributed by atoms with E-state index < -0.39 is 61.4 Å². The minimum atomic E-state index is -4.20. The quantitative estimate of drug-likeness (QED) is 0.138. The Morgan fingerprint density at radius 2 is 2.07 bits per heavy atom. The smallest absolute Gasteiger partial charge is 0.325 e. The van der Waals surface area contributed by atoms with Crippen molar-refractivity contribution in [2.45, 2.75) is 55.9 Å². The summed E-state index contributed by atoms with van der Waals surface area (Å²) in [7, 11) is 1.51. The van der Waals surface area contributed by atoms with Gasteiger partial charge in [-0.1, -0.05) is 5.21 Å². The van der Waals surface area contributed by atoms with Gasteiger partial charge < -0.3 is 40.2 Å². The van der Waals surface area contributed by atoms with Crippen molar-refractivity contribution in [3.05, 3.63) is 23.0 Å². The van der Waals surface area contributed by atoms with Gasteiger partial charge in [-0.15, -0.1) is 5.10 Å². The lowest BCUT2D eigenvalue weighted by atomic mass is 10.0. The maximum absolute atomic E-state index is 15.4. The first-order valence-corrected chi connectivity index (χ1v) is 15.3. The number of H-pyrrole nitrogens is 1. The molecule has 7 N–H and O–H groups in total. The highest BCUT2D eigenvalue weighted by Gasteiger charge is 2.51. The van der Waals surface area contributed by atoms with Crippen molar-refractivity contribution in [3.8, 4) is 0 Å². The number of methoxy groups -OCH3 is 1. The van der Waals surface area contributed by atoms with Gasteiger partial charge in [0.15, 0.2) is 41.3 Å². The van der Waals surface area contributed by atoms with Crippen LogP contribution in [0.4, 0.5) is 16.2 Å². The molecule has 1 unspecified atom stereocenters. The Labute approximate surface area is 245 Å². The molecule has 43 heavy (non-hydrogen) atoms. The number of rotatable bonds is 9. The standard InChI is InChI=1S/C21H27FN11O8PS/c1-21(3-8(37-2)18(40-21)32-7-27-11-14(23)25-6-26-15(11)32)5-38-42(36,43)41-13-10(22)9(4-34)39-19(13)33-16-12(30-31-33)17(35)29-20(24)28-16/h6-10,13,18-19,34H,3-5H2,1-2H3,(H,36,43)(H2,23,25,26)(H3,24,28,29,35)/t8-,9-,10+,13-,18-,19-,21+,42?/m1/s1. The number of nitrogens with two attached hydrogens (primary N) is 2. The van der Waals surface area contributed by atoms with Crippen molar-refractivity contribution in [3.63, 3.8) is 0 Å². The van der Waals surface area contributed by atoms with Crippen LogP contribution in [-0.4, -0.2) is 105 Å². The number of nitrogen functional groups attached to an aromatic ring is 2. The van der Waals surface area contributed by atoms with Gasteiger partial charge >= 0.3 is 6.72 Å². The third-order valence-corrected chi connectivity index (χ3v) is 8.69. The number of aliphatic hydroxyl groups excluding tert-OH is 1. The molecule has 0 aromatic carbocycles. The van der Waals surface area contributed by atoms with Crippen molar-refractivity contribution in [2.75, 3.05) is 31.8 Å². The van der Waals surface area contributed by atoms with Gasteiger partial charge in [-0.25, -0.2) is 19.3 Å². The number of anilines is 2. The molecule has 0 bridgehead atoms. The zero-order valence-corrected chi connectivity index (χ0v) is 24.3. The van der Waals surface area contributed by atoms with Crippen molar-refractivity contribution in [1.29, 1.82) is 0 Å². The molecule has 232 valence electrons. The van der Waals surface area contributed by atoms with Crippen molar-refractivity contribution >= 4 is 52.6 Å². The molecule has 19 nitrogen and oxygen atoms in total. The summed E-state index contributed by atoms with van der Waals surface area (Å²) < 4.78 is 46.8. The predicted octanol–water partition coefficient (Wildman–Crippen LogP) is -0.942. The third kappa shape index (κ3) is 5.36. The van der Waals surface area contributed by atoms with Crippen LogP contribution in [0.3, 0.4) is 0 Å². The molecule has 2 fully saturated rings. The summed E-state index contributed by atoms with van der Waals surface area (Å²) in [5.74, 6) is -0.0478. The fourth-order valence-electron chi connectivity index (χ4n) is 5.11. The first-order valence-electron chi connectivity index (χ1n) is 12.7. The second kappa shape index (κ2) is 11.0. The molecule has 8 atom stereocenters. The lowest BCUT2D eigenvalue weighted by molar-refractivity contribution is -0.101. The maximum atomic E-state index is 15.4. The number of aromatic amines is 1. The Hall–Kier alpha value is -3.27. The van der Waals surface area contributed by atoms with E-state index >= 15 is 4.39 Å². The van der Waals surface area contributed by atoms with Gasteiger partial charge in [-0.05, 0) is 18.7 Å². The number of aromatic nitrogens is 9. The largest absolute Gasteiger partial charge is 0.394 e. The molecule has 0 amide bonds. The molecule has 2 saturated heterocycles. The van der Waals surface area contributed by atoms with Crippen molar-refractivity contribution in [2.24, 2.45) is 0 Å². The van der Waals surface area contributed by atoms with E-state index in [1.54, 1.807) is 11.5 Å². The molecule has 0 aliphatic carbocycles. The molecule has 0 spiro atoms. The molecule has 0 radical (unpaired) electrons. The number of halogens is 1. The van der Waals surface area contributed by atoms with E-state index in [0.29, 0.717) is 17.6 Å². The molecule has 0 saturated carbocycles. The Kier molecular flexibility index (Phi) is 7.63. The second-order valence-corrected chi connectivity index (χ2v) is 13.0. The molecule has 4 aromatic rings. The Balaban J connectivity index is 1.20. The van der Waals surface area contributed by atoms with Crippen LogP contribution in [-0.2, 0) is 35.1 Å². The zero-order chi connectivity index (χ0) is 30.7.